The summed E-state index contributed by atoms with van der Waals surface area (Å²) in [5.41, 5.74) is 11.7. The Morgan fingerprint density at radius 1 is 0.360 bits per heavy atom. The Hall–Kier alpha value is -6.92. The molecule has 0 aliphatic carbocycles. The lowest BCUT2D eigenvalue weighted by Crippen LogP contribution is -1.98. The lowest BCUT2D eigenvalue weighted by Gasteiger charge is -2.13. The number of hydrogen-bond donors (Lipinski definition) is 0. The van der Waals surface area contributed by atoms with Gasteiger partial charge in [0.05, 0.1) is 22.1 Å². The monoisotopic (exact) mass is 642 g/mol. The molecule has 6 nitrogen and oxygen atoms in total. The number of oxazole rings is 2. The maximum Gasteiger partial charge on any atom is 0.227 e. The molecule has 4 heterocycles. The van der Waals surface area contributed by atoms with E-state index in [-0.39, 0.29) is 0 Å². The molecular weight excluding hydrogens is 617 g/mol. The fourth-order valence-electron chi connectivity index (χ4n) is 7.53. The maximum atomic E-state index is 6.21. The normalized spacial score (nSPS) is 12.0. The highest BCUT2D eigenvalue weighted by Gasteiger charge is 2.19. The summed E-state index contributed by atoms with van der Waals surface area (Å²) < 4.78 is 17.1. The summed E-state index contributed by atoms with van der Waals surface area (Å²) in [6.07, 6.45) is 0. The first kappa shape index (κ1) is 27.1. The van der Waals surface area contributed by atoms with Gasteiger partial charge in [0, 0.05) is 44.0 Å². The summed E-state index contributed by atoms with van der Waals surface area (Å²) in [7, 11) is 0. The zero-order chi connectivity index (χ0) is 32.8. The Bertz CT molecular complexity index is 2870. The molecule has 0 aliphatic rings. The number of para-hydroxylation sites is 6. The summed E-state index contributed by atoms with van der Waals surface area (Å²) in [5.74, 6) is 1.19. The van der Waals surface area contributed by atoms with E-state index in [9.17, 15) is 0 Å². The Balaban J connectivity index is 1.15. The second-order valence-electron chi connectivity index (χ2n) is 12.7. The molecular formula is C44H26N4O2. The van der Waals surface area contributed by atoms with Gasteiger partial charge in [0.25, 0.3) is 0 Å². The predicted octanol–water partition coefficient (Wildman–Crippen LogP) is 11.5. The third-order valence-corrected chi connectivity index (χ3v) is 9.77. The van der Waals surface area contributed by atoms with Crippen LogP contribution >= 0.6 is 0 Å². The second kappa shape index (κ2) is 10.3. The van der Waals surface area contributed by atoms with Crippen LogP contribution < -0.4 is 0 Å². The van der Waals surface area contributed by atoms with Crippen LogP contribution in [0, 0.1) is 0 Å². The van der Waals surface area contributed by atoms with Crippen LogP contribution in [-0.4, -0.2) is 19.1 Å². The molecule has 11 aromatic rings. The number of nitrogens with zero attached hydrogens (tertiary/aromatic N) is 4. The van der Waals surface area contributed by atoms with Crippen molar-refractivity contribution in [2.24, 2.45) is 0 Å². The summed E-state index contributed by atoms with van der Waals surface area (Å²) in [6.45, 7) is 0. The zero-order valence-corrected chi connectivity index (χ0v) is 26.6. The fraction of sp³-hybridized carbons (Fsp3) is 0. The van der Waals surface area contributed by atoms with E-state index in [1.165, 1.54) is 21.8 Å². The van der Waals surface area contributed by atoms with Crippen molar-refractivity contribution in [2.75, 3.05) is 0 Å². The van der Waals surface area contributed by atoms with Gasteiger partial charge < -0.3 is 18.0 Å². The van der Waals surface area contributed by atoms with E-state index in [0.717, 1.165) is 66.5 Å². The van der Waals surface area contributed by atoms with Gasteiger partial charge in [0.2, 0.25) is 11.8 Å². The Labute approximate surface area is 285 Å². The van der Waals surface area contributed by atoms with Crippen LogP contribution in [0.15, 0.2) is 167 Å². The third kappa shape index (κ3) is 3.96. The summed E-state index contributed by atoms with van der Waals surface area (Å²) in [4.78, 5) is 9.63. The topological polar surface area (TPSA) is 61.9 Å². The van der Waals surface area contributed by atoms with Crippen LogP contribution in [0.1, 0.15) is 0 Å². The summed E-state index contributed by atoms with van der Waals surface area (Å²) in [5, 5.41) is 4.65. The second-order valence-corrected chi connectivity index (χ2v) is 12.7. The zero-order valence-electron chi connectivity index (χ0n) is 26.6. The molecule has 0 fully saturated rings. The predicted molar refractivity (Wildman–Crippen MR) is 201 cm³/mol. The van der Waals surface area contributed by atoms with Crippen LogP contribution in [-0.2, 0) is 0 Å². The van der Waals surface area contributed by atoms with Gasteiger partial charge >= 0.3 is 0 Å². The van der Waals surface area contributed by atoms with Gasteiger partial charge in [0.15, 0.2) is 11.2 Å². The highest BCUT2D eigenvalue weighted by atomic mass is 16.4. The minimum atomic E-state index is 0.595. The molecule has 0 aliphatic heterocycles. The molecule has 0 atom stereocenters. The van der Waals surface area contributed by atoms with Crippen molar-refractivity contribution >= 4 is 65.8 Å². The van der Waals surface area contributed by atoms with Crippen molar-refractivity contribution in [3.63, 3.8) is 0 Å². The lowest BCUT2D eigenvalue weighted by molar-refractivity contribution is 0.619. The van der Waals surface area contributed by atoms with Gasteiger partial charge in [-0.05, 0) is 91.0 Å². The van der Waals surface area contributed by atoms with Crippen molar-refractivity contribution in [1.29, 1.82) is 0 Å². The van der Waals surface area contributed by atoms with Gasteiger partial charge in [-0.15, -0.1) is 0 Å². The van der Waals surface area contributed by atoms with Gasteiger partial charge in [-0.1, -0.05) is 66.7 Å². The number of fused-ring (bicyclic) bond motifs is 8. The molecule has 0 saturated heterocycles. The molecule has 0 radical (unpaired) electrons. The Morgan fingerprint density at radius 2 is 0.800 bits per heavy atom. The van der Waals surface area contributed by atoms with E-state index in [0.29, 0.717) is 11.8 Å². The molecule has 0 unspecified atom stereocenters. The van der Waals surface area contributed by atoms with Crippen LogP contribution in [0.3, 0.4) is 0 Å². The van der Waals surface area contributed by atoms with Crippen LogP contribution in [0.25, 0.3) is 100 Å². The van der Waals surface area contributed by atoms with Gasteiger partial charge in [-0.25, -0.2) is 9.97 Å². The number of benzene rings is 7. The molecule has 11 rings (SSSR count). The first-order chi connectivity index (χ1) is 24.8. The molecule has 0 saturated carbocycles. The molecule has 0 bridgehead atoms. The van der Waals surface area contributed by atoms with Crippen LogP contribution in [0.5, 0.6) is 0 Å². The number of hydrogen-bond acceptors (Lipinski definition) is 4. The van der Waals surface area contributed by atoms with Crippen molar-refractivity contribution in [3.05, 3.63) is 158 Å². The quantitative estimate of drug-likeness (QED) is 0.192. The largest absolute Gasteiger partial charge is 0.436 e. The summed E-state index contributed by atoms with van der Waals surface area (Å²) in [6, 6.07) is 54.7. The van der Waals surface area contributed by atoms with Gasteiger partial charge in [-0.2, -0.15) is 0 Å². The molecule has 50 heavy (non-hydrogen) atoms. The van der Waals surface area contributed by atoms with Gasteiger partial charge in [0.1, 0.15) is 11.0 Å². The van der Waals surface area contributed by atoms with E-state index in [1.54, 1.807) is 0 Å². The smallest absolute Gasteiger partial charge is 0.227 e. The number of aromatic nitrogens is 4. The number of rotatable bonds is 4. The van der Waals surface area contributed by atoms with Crippen molar-refractivity contribution in [1.82, 2.24) is 19.1 Å². The van der Waals surface area contributed by atoms with E-state index in [4.69, 9.17) is 18.8 Å². The maximum absolute atomic E-state index is 6.21. The van der Waals surface area contributed by atoms with Crippen molar-refractivity contribution in [2.45, 2.75) is 0 Å². The van der Waals surface area contributed by atoms with Crippen molar-refractivity contribution in [3.8, 4) is 34.3 Å². The lowest BCUT2D eigenvalue weighted by atomic mass is 10.1. The van der Waals surface area contributed by atoms with E-state index in [2.05, 4.69) is 118 Å². The first-order valence-corrected chi connectivity index (χ1v) is 16.7. The highest BCUT2D eigenvalue weighted by molar-refractivity contribution is 6.12. The molecule has 0 amide bonds. The minimum absolute atomic E-state index is 0.595. The minimum Gasteiger partial charge on any atom is -0.436 e. The van der Waals surface area contributed by atoms with E-state index >= 15 is 0 Å². The van der Waals surface area contributed by atoms with Crippen molar-refractivity contribution < 1.29 is 8.83 Å². The average molecular weight is 643 g/mol. The standard InChI is InChI=1S/C44H26N4O2/c1-5-16-37-31(12-1)32-13-2-6-17-38(32)47(37)29-10-9-11-30(26-29)48-39-22-20-27(43-45-35-14-3-7-18-41(35)49-43)24-33(39)34-25-28(21-23-40(34)48)44-46-36-15-4-8-19-42(36)50-44/h1-26H. The first-order valence-electron chi connectivity index (χ1n) is 16.7. The molecule has 0 spiro atoms. The van der Waals surface area contributed by atoms with E-state index in [1.807, 2.05) is 48.5 Å². The highest BCUT2D eigenvalue weighted by Crippen LogP contribution is 2.39. The molecule has 6 heteroatoms. The SMILES string of the molecule is c1cc(-n2c3ccccc3c3ccccc32)cc(-n2c3ccc(-c4nc5ccccc5o4)cc3c3cc(-c4nc5ccccc5o4)ccc32)c1. The van der Waals surface area contributed by atoms with Gasteiger partial charge in [-0.3, -0.25) is 0 Å². The Morgan fingerprint density at radius 3 is 1.30 bits per heavy atom. The van der Waals surface area contributed by atoms with E-state index < -0.39 is 0 Å². The third-order valence-electron chi connectivity index (χ3n) is 9.77. The molecule has 7 aromatic carbocycles. The fourth-order valence-corrected chi connectivity index (χ4v) is 7.53. The average Bonchev–Trinajstić information content (AvgIpc) is 3.95. The molecule has 0 N–H and O–H groups in total. The van der Waals surface area contributed by atoms with Crippen LogP contribution in [0.2, 0.25) is 0 Å². The molecule has 234 valence electrons. The van der Waals surface area contributed by atoms with Crippen LogP contribution in [0.4, 0.5) is 0 Å². The Kier molecular flexibility index (Phi) is 5.57. The summed E-state index contributed by atoms with van der Waals surface area (Å²) >= 11 is 0. The molecule has 4 aromatic heterocycles.